The Morgan fingerprint density at radius 1 is 1.23 bits per heavy atom. The van der Waals surface area contributed by atoms with Crippen molar-refractivity contribution < 1.29 is 4.79 Å². The highest BCUT2D eigenvalue weighted by molar-refractivity contribution is 6.36. The lowest BCUT2D eigenvalue weighted by Crippen LogP contribution is -2.39. The van der Waals surface area contributed by atoms with Gasteiger partial charge in [0.15, 0.2) is 6.04 Å². The fourth-order valence-corrected chi connectivity index (χ4v) is 4.30. The SMILES string of the molecule is CC1=NC2=NC(C(=O)NCCc3ccccc3)CN2C(c2ccc(Cl)cc2Cl)=C1CN. The van der Waals surface area contributed by atoms with Gasteiger partial charge in [-0.15, -0.1) is 0 Å². The van der Waals surface area contributed by atoms with Crippen molar-refractivity contribution in [1.82, 2.24) is 10.2 Å². The highest BCUT2D eigenvalue weighted by Crippen LogP contribution is 2.36. The van der Waals surface area contributed by atoms with Gasteiger partial charge < -0.3 is 16.0 Å². The van der Waals surface area contributed by atoms with E-state index in [-0.39, 0.29) is 5.91 Å². The van der Waals surface area contributed by atoms with Crippen LogP contribution in [0, 0.1) is 0 Å². The Morgan fingerprint density at radius 3 is 2.71 bits per heavy atom. The molecular weight excluding hydrogens is 433 g/mol. The van der Waals surface area contributed by atoms with Crippen LogP contribution in [0.2, 0.25) is 10.0 Å². The number of benzene rings is 2. The van der Waals surface area contributed by atoms with Gasteiger partial charge >= 0.3 is 0 Å². The van der Waals surface area contributed by atoms with Gasteiger partial charge in [-0.05, 0) is 37.1 Å². The zero-order valence-electron chi connectivity index (χ0n) is 17.1. The Morgan fingerprint density at radius 2 is 2.00 bits per heavy atom. The molecule has 3 N–H and O–H groups in total. The largest absolute Gasteiger partial charge is 0.354 e. The summed E-state index contributed by atoms with van der Waals surface area (Å²) < 4.78 is 0. The fraction of sp³-hybridized carbons (Fsp3) is 0.261. The second-order valence-electron chi connectivity index (χ2n) is 7.43. The van der Waals surface area contributed by atoms with Crippen LogP contribution in [0.5, 0.6) is 0 Å². The molecule has 1 atom stereocenters. The lowest BCUT2D eigenvalue weighted by Gasteiger charge is -2.30. The Hall–Kier alpha value is -2.67. The second kappa shape index (κ2) is 9.22. The minimum atomic E-state index is -0.555. The molecule has 2 aliphatic heterocycles. The van der Waals surface area contributed by atoms with E-state index in [9.17, 15) is 4.79 Å². The molecular formula is C23H23Cl2N5O. The van der Waals surface area contributed by atoms with Crippen LogP contribution in [0.1, 0.15) is 18.1 Å². The summed E-state index contributed by atoms with van der Waals surface area (Å²) in [6.45, 7) is 3.10. The molecule has 31 heavy (non-hydrogen) atoms. The Labute approximate surface area is 191 Å². The Bertz CT molecular complexity index is 1090. The van der Waals surface area contributed by atoms with Crippen molar-refractivity contribution in [3.63, 3.8) is 0 Å². The molecule has 0 spiro atoms. The van der Waals surface area contributed by atoms with Crippen molar-refractivity contribution in [2.75, 3.05) is 19.6 Å². The van der Waals surface area contributed by atoms with Gasteiger partial charge in [0.1, 0.15) is 0 Å². The second-order valence-corrected chi connectivity index (χ2v) is 8.28. The smallest absolute Gasteiger partial charge is 0.246 e. The highest BCUT2D eigenvalue weighted by atomic mass is 35.5. The number of hydrogen-bond donors (Lipinski definition) is 2. The van der Waals surface area contributed by atoms with E-state index in [1.165, 1.54) is 5.56 Å². The van der Waals surface area contributed by atoms with Crippen LogP contribution in [0.3, 0.4) is 0 Å². The number of rotatable bonds is 6. The monoisotopic (exact) mass is 455 g/mol. The maximum atomic E-state index is 12.8. The lowest BCUT2D eigenvalue weighted by atomic mass is 10.00. The third-order valence-corrected chi connectivity index (χ3v) is 5.93. The quantitative estimate of drug-likeness (QED) is 0.698. The van der Waals surface area contributed by atoms with E-state index in [1.807, 2.05) is 48.2 Å². The van der Waals surface area contributed by atoms with Gasteiger partial charge in [0.05, 0.1) is 17.3 Å². The van der Waals surface area contributed by atoms with Gasteiger partial charge in [0, 0.05) is 35.0 Å². The van der Waals surface area contributed by atoms with Crippen molar-refractivity contribution in [3.05, 3.63) is 75.3 Å². The molecule has 8 heteroatoms. The number of guanidine groups is 1. The Balaban J connectivity index is 1.54. The standard InChI is InChI=1S/C23H23Cl2N5O/c1-14-18(12-26)21(17-8-7-16(24)11-19(17)25)30-13-20(29-23(30)28-14)22(31)27-10-9-15-5-3-2-4-6-15/h2-8,11,20H,9-10,12-13,26H2,1H3,(H,27,31). The minimum Gasteiger partial charge on any atom is -0.354 e. The van der Waals surface area contributed by atoms with Gasteiger partial charge in [-0.3, -0.25) is 4.79 Å². The summed E-state index contributed by atoms with van der Waals surface area (Å²) in [4.78, 5) is 23.9. The van der Waals surface area contributed by atoms with Gasteiger partial charge in [-0.25, -0.2) is 9.98 Å². The minimum absolute atomic E-state index is 0.124. The number of fused-ring (bicyclic) bond motifs is 1. The molecule has 2 aromatic rings. The zero-order chi connectivity index (χ0) is 22.0. The van der Waals surface area contributed by atoms with E-state index in [0.717, 1.165) is 29.0 Å². The molecule has 1 amide bonds. The van der Waals surface area contributed by atoms with Crippen LogP contribution < -0.4 is 11.1 Å². The highest BCUT2D eigenvalue weighted by Gasteiger charge is 2.37. The third-order valence-electron chi connectivity index (χ3n) is 5.38. The molecule has 4 rings (SSSR count). The average molecular weight is 456 g/mol. The van der Waals surface area contributed by atoms with E-state index in [2.05, 4.69) is 15.3 Å². The summed E-state index contributed by atoms with van der Waals surface area (Å²) in [7, 11) is 0. The Kier molecular flexibility index (Phi) is 6.41. The number of amides is 1. The van der Waals surface area contributed by atoms with Crippen molar-refractivity contribution >= 4 is 46.5 Å². The van der Waals surface area contributed by atoms with Crippen LogP contribution in [0.15, 0.2) is 64.1 Å². The molecule has 0 saturated heterocycles. The molecule has 1 unspecified atom stereocenters. The fourth-order valence-electron chi connectivity index (χ4n) is 3.80. The zero-order valence-corrected chi connectivity index (χ0v) is 18.6. The summed E-state index contributed by atoms with van der Waals surface area (Å²) in [5.74, 6) is 0.375. The number of hydrogen-bond acceptors (Lipinski definition) is 5. The van der Waals surface area contributed by atoms with E-state index < -0.39 is 6.04 Å². The van der Waals surface area contributed by atoms with Gasteiger partial charge in [0.25, 0.3) is 0 Å². The summed E-state index contributed by atoms with van der Waals surface area (Å²) in [6.07, 6.45) is 0.764. The lowest BCUT2D eigenvalue weighted by molar-refractivity contribution is -0.122. The predicted molar refractivity (Wildman–Crippen MR) is 127 cm³/mol. The van der Waals surface area contributed by atoms with Gasteiger partial charge in [0.2, 0.25) is 11.9 Å². The number of aliphatic imine (C=N–C) groups is 2. The first-order valence-corrected chi connectivity index (χ1v) is 10.8. The van der Waals surface area contributed by atoms with Crippen LogP contribution in [-0.4, -0.2) is 48.2 Å². The maximum Gasteiger partial charge on any atom is 0.246 e. The van der Waals surface area contributed by atoms with Crippen LogP contribution in [0.4, 0.5) is 0 Å². The van der Waals surface area contributed by atoms with E-state index >= 15 is 0 Å². The number of halogens is 2. The summed E-state index contributed by atoms with van der Waals surface area (Å²) in [5.41, 5.74) is 10.5. The molecule has 160 valence electrons. The molecule has 0 fully saturated rings. The number of nitrogens with zero attached hydrogens (tertiary/aromatic N) is 3. The van der Waals surface area contributed by atoms with Crippen LogP contribution in [0.25, 0.3) is 5.70 Å². The first kappa shape index (κ1) is 21.6. The first-order valence-electron chi connectivity index (χ1n) is 10.1. The van der Waals surface area contributed by atoms with Crippen molar-refractivity contribution in [1.29, 1.82) is 0 Å². The molecule has 2 heterocycles. The van der Waals surface area contributed by atoms with Crippen molar-refractivity contribution in [2.45, 2.75) is 19.4 Å². The summed E-state index contributed by atoms with van der Waals surface area (Å²) in [6, 6.07) is 14.8. The van der Waals surface area contributed by atoms with Crippen molar-refractivity contribution in [3.8, 4) is 0 Å². The molecule has 0 aliphatic carbocycles. The first-order chi connectivity index (χ1) is 15.0. The number of nitrogens with two attached hydrogens (primary N) is 1. The molecule has 0 radical (unpaired) electrons. The van der Waals surface area contributed by atoms with Crippen LogP contribution >= 0.6 is 23.2 Å². The predicted octanol–water partition coefficient (Wildman–Crippen LogP) is 3.54. The number of carbonyl (C=O) groups excluding carboxylic acids is 1. The van der Waals surface area contributed by atoms with Gasteiger partial charge in [-0.1, -0.05) is 53.5 Å². The van der Waals surface area contributed by atoms with Crippen molar-refractivity contribution in [2.24, 2.45) is 15.7 Å². The molecule has 2 aliphatic rings. The van der Waals surface area contributed by atoms with Gasteiger partial charge in [-0.2, -0.15) is 0 Å². The number of carbonyl (C=O) groups is 1. The third kappa shape index (κ3) is 4.51. The molecule has 6 nitrogen and oxygen atoms in total. The summed E-state index contributed by atoms with van der Waals surface area (Å²) in [5, 5.41) is 4.05. The average Bonchev–Trinajstić information content (AvgIpc) is 3.17. The van der Waals surface area contributed by atoms with Crippen LogP contribution in [-0.2, 0) is 11.2 Å². The van der Waals surface area contributed by atoms with E-state index in [0.29, 0.717) is 35.6 Å². The molecule has 0 saturated carbocycles. The summed E-state index contributed by atoms with van der Waals surface area (Å²) >= 11 is 12.6. The molecule has 0 bridgehead atoms. The molecule has 2 aromatic carbocycles. The normalized spacial score (nSPS) is 17.9. The maximum absolute atomic E-state index is 12.8. The number of nitrogens with one attached hydrogen (secondary N) is 1. The topological polar surface area (TPSA) is 83.1 Å². The van der Waals surface area contributed by atoms with E-state index in [4.69, 9.17) is 28.9 Å². The van der Waals surface area contributed by atoms with E-state index in [1.54, 1.807) is 12.1 Å². The molecule has 0 aromatic heterocycles.